The van der Waals surface area contributed by atoms with Crippen molar-refractivity contribution in [3.8, 4) is 17.1 Å². The minimum absolute atomic E-state index is 0.00895. The average molecular weight is 510 g/mol. The molecule has 9 nitrogen and oxygen atoms in total. The van der Waals surface area contributed by atoms with Crippen molar-refractivity contribution in [3.05, 3.63) is 60.1 Å². The maximum atomic E-state index is 14.6. The third-order valence-corrected chi connectivity index (χ3v) is 5.99. The summed E-state index contributed by atoms with van der Waals surface area (Å²) in [5, 5.41) is 13.5. The van der Waals surface area contributed by atoms with Gasteiger partial charge in [0.1, 0.15) is 22.8 Å². The summed E-state index contributed by atoms with van der Waals surface area (Å²) in [7, 11) is 4.68. The topological polar surface area (TPSA) is 106 Å². The van der Waals surface area contributed by atoms with Crippen molar-refractivity contribution in [2.75, 3.05) is 37.9 Å². The number of aryl methyl sites for hydroxylation is 1. The van der Waals surface area contributed by atoms with E-state index in [4.69, 9.17) is 4.74 Å². The van der Waals surface area contributed by atoms with Crippen molar-refractivity contribution < 1.29 is 18.3 Å². The first-order valence-electron chi connectivity index (χ1n) is 11.9. The van der Waals surface area contributed by atoms with E-state index in [1.165, 1.54) is 80.8 Å². The van der Waals surface area contributed by atoms with E-state index in [0.29, 0.717) is 16.6 Å². The molecule has 0 saturated carbocycles. The largest absolute Gasteiger partial charge is 0.496 e. The van der Waals surface area contributed by atoms with E-state index in [0.717, 1.165) is 0 Å². The molecule has 0 unspecified atom stereocenters. The molecule has 1 aliphatic rings. The number of fused-ring (bicyclic) bond motifs is 1. The van der Waals surface area contributed by atoms with Gasteiger partial charge in [0.05, 0.1) is 30.2 Å². The molecule has 3 heterocycles. The van der Waals surface area contributed by atoms with Crippen molar-refractivity contribution in [1.29, 1.82) is 0 Å². The molecule has 0 aliphatic carbocycles. The standard InChI is InChI=1S/C21H18F2N6O2.C5H11N/c1-24-18-11-10-26-29(2)19(11)13(23)9-15(18)28-21(30)14-7-8-25-20(27-14)17-12(22)5-4-6-16(17)31-3;1-2-4-6-5-3-1/h4-10,24H,1-3H3,(H,28,30);6H,1-5H2. The molecule has 194 valence electrons. The predicted octanol–water partition coefficient (Wildman–Crippen LogP) is 4.37. The molecule has 0 radical (unpaired) electrons. The lowest BCUT2D eigenvalue weighted by Crippen LogP contribution is -2.21. The Morgan fingerprint density at radius 2 is 1.92 bits per heavy atom. The molecule has 1 aliphatic heterocycles. The van der Waals surface area contributed by atoms with Crippen LogP contribution in [0.15, 0.2) is 42.7 Å². The quantitative estimate of drug-likeness (QED) is 0.367. The first kappa shape index (κ1) is 26.0. The number of benzene rings is 2. The highest BCUT2D eigenvalue weighted by Gasteiger charge is 2.20. The molecule has 4 aromatic rings. The van der Waals surface area contributed by atoms with E-state index in [1.807, 2.05) is 0 Å². The van der Waals surface area contributed by atoms with Gasteiger partial charge in [-0.1, -0.05) is 12.5 Å². The number of piperidine rings is 1. The van der Waals surface area contributed by atoms with Crippen molar-refractivity contribution in [2.24, 2.45) is 7.05 Å². The number of nitrogens with zero attached hydrogens (tertiary/aromatic N) is 4. The van der Waals surface area contributed by atoms with Gasteiger partial charge in [0.2, 0.25) is 0 Å². The summed E-state index contributed by atoms with van der Waals surface area (Å²) in [6.45, 7) is 2.50. The number of halogens is 2. The zero-order valence-corrected chi connectivity index (χ0v) is 20.9. The first-order chi connectivity index (χ1) is 17.9. The van der Waals surface area contributed by atoms with Crippen LogP contribution in [-0.2, 0) is 7.05 Å². The second kappa shape index (κ2) is 11.7. The predicted molar refractivity (Wildman–Crippen MR) is 139 cm³/mol. The highest BCUT2D eigenvalue weighted by Crippen LogP contribution is 2.34. The number of nitrogens with one attached hydrogen (secondary N) is 3. The highest BCUT2D eigenvalue weighted by atomic mass is 19.1. The second-order valence-electron chi connectivity index (χ2n) is 8.41. The fourth-order valence-electron chi connectivity index (χ4n) is 4.17. The van der Waals surface area contributed by atoms with E-state index in [-0.39, 0.29) is 28.5 Å². The first-order valence-corrected chi connectivity index (χ1v) is 11.9. The Labute approximate surface area is 213 Å². The third kappa shape index (κ3) is 5.67. The number of methoxy groups -OCH3 is 1. The Morgan fingerprint density at radius 3 is 2.57 bits per heavy atom. The number of carbonyl (C=O) groups is 1. The van der Waals surface area contributed by atoms with Crippen molar-refractivity contribution in [2.45, 2.75) is 19.3 Å². The van der Waals surface area contributed by atoms with Crippen LogP contribution in [0.3, 0.4) is 0 Å². The molecule has 2 aromatic heterocycles. The number of amides is 1. The van der Waals surface area contributed by atoms with Gasteiger partial charge in [0, 0.05) is 31.7 Å². The maximum absolute atomic E-state index is 14.6. The van der Waals surface area contributed by atoms with Crippen LogP contribution in [0.25, 0.3) is 22.3 Å². The number of anilines is 2. The molecule has 1 fully saturated rings. The van der Waals surface area contributed by atoms with Gasteiger partial charge < -0.3 is 20.7 Å². The zero-order chi connectivity index (χ0) is 26.4. The molecule has 2 aromatic carbocycles. The summed E-state index contributed by atoms with van der Waals surface area (Å²) in [5.74, 6) is -1.51. The molecule has 0 bridgehead atoms. The molecular weight excluding hydrogens is 480 g/mol. The van der Waals surface area contributed by atoms with Crippen LogP contribution >= 0.6 is 0 Å². The van der Waals surface area contributed by atoms with Crippen LogP contribution < -0.4 is 20.7 Å². The van der Waals surface area contributed by atoms with Gasteiger partial charge in [0.25, 0.3) is 5.91 Å². The molecule has 3 N–H and O–H groups in total. The summed E-state index contributed by atoms with van der Waals surface area (Å²) in [6, 6.07) is 6.90. The molecule has 11 heteroatoms. The van der Waals surface area contributed by atoms with Crippen LogP contribution in [-0.4, -0.2) is 52.9 Å². The van der Waals surface area contributed by atoms with Gasteiger partial charge in [-0.2, -0.15) is 5.10 Å². The zero-order valence-electron chi connectivity index (χ0n) is 20.9. The number of carbonyl (C=O) groups excluding carboxylic acids is 1. The highest BCUT2D eigenvalue weighted by molar-refractivity contribution is 6.08. The Morgan fingerprint density at radius 1 is 1.14 bits per heavy atom. The summed E-state index contributed by atoms with van der Waals surface area (Å²) in [6.07, 6.45) is 7.06. The Balaban J connectivity index is 0.000000469. The second-order valence-corrected chi connectivity index (χ2v) is 8.41. The van der Waals surface area contributed by atoms with Gasteiger partial charge >= 0.3 is 0 Å². The normalized spacial score (nSPS) is 13.0. The number of hydrogen-bond donors (Lipinski definition) is 3. The minimum Gasteiger partial charge on any atom is -0.496 e. The van der Waals surface area contributed by atoms with Gasteiger partial charge in [-0.05, 0) is 44.1 Å². The number of ether oxygens (including phenoxy) is 1. The van der Waals surface area contributed by atoms with Gasteiger partial charge in [-0.25, -0.2) is 18.7 Å². The Kier molecular flexibility index (Phi) is 8.24. The number of rotatable bonds is 5. The van der Waals surface area contributed by atoms with Crippen molar-refractivity contribution >= 4 is 28.2 Å². The smallest absolute Gasteiger partial charge is 0.274 e. The van der Waals surface area contributed by atoms with Crippen LogP contribution in [0.1, 0.15) is 29.8 Å². The van der Waals surface area contributed by atoms with Crippen LogP contribution in [0.2, 0.25) is 0 Å². The van der Waals surface area contributed by atoms with Crippen LogP contribution in [0.4, 0.5) is 20.2 Å². The SMILES string of the molecule is C1CCNCC1.CNc1c(NC(=O)c2ccnc(-c3c(F)cccc3OC)n2)cc(F)c2c1cnn2C. The van der Waals surface area contributed by atoms with Crippen molar-refractivity contribution in [1.82, 2.24) is 25.1 Å². The van der Waals surface area contributed by atoms with E-state index in [1.54, 1.807) is 20.2 Å². The minimum atomic E-state index is -0.613. The average Bonchev–Trinajstić information content (AvgIpc) is 3.32. The van der Waals surface area contributed by atoms with Crippen molar-refractivity contribution in [3.63, 3.8) is 0 Å². The summed E-state index contributed by atoms with van der Waals surface area (Å²) < 4.78 is 35.6. The molecule has 37 heavy (non-hydrogen) atoms. The summed E-state index contributed by atoms with van der Waals surface area (Å²) >= 11 is 0. The lowest BCUT2D eigenvalue weighted by Gasteiger charge is -2.13. The van der Waals surface area contributed by atoms with Gasteiger partial charge in [-0.3, -0.25) is 9.48 Å². The molecule has 1 saturated heterocycles. The molecule has 5 rings (SSSR count). The Hall–Kier alpha value is -4.12. The van der Waals surface area contributed by atoms with Crippen LogP contribution in [0.5, 0.6) is 5.75 Å². The van der Waals surface area contributed by atoms with E-state index in [2.05, 4.69) is 31.0 Å². The van der Waals surface area contributed by atoms with E-state index < -0.39 is 17.5 Å². The molecular formula is C26H29F2N7O2. The maximum Gasteiger partial charge on any atom is 0.274 e. The molecule has 0 atom stereocenters. The number of hydrogen-bond acceptors (Lipinski definition) is 7. The van der Waals surface area contributed by atoms with E-state index >= 15 is 0 Å². The fourth-order valence-corrected chi connectivity index (χ4v) is 4.17. The van der Waals surface area contributed by atoms with Gasteiger partial charge in [0.15, 0.2) is 11.6 Å². The Bertz CT molecular complexity index is 1390. The fraction of sp³-hybridized carbons (Fsp3) is 0.308. The molecule has 0 spiro atoms. The van der Waals surface area contributed by atoms with E-state index in [9.17, 15) is 13.6 Å². The third-order valence-electron chi connectivity index (χ3n) is 5.99. The lowest BCUT2D eigenvalue weighted by molar-refractivity contribution is 0.102. The summed E-state index contributed by atoms with van der Waals surface area (Å²) in [5.41, 5.74) is 1.04. The lowest BCUT2D eigenvalue weighted by atomic mass is 10.1. The van der Waals surface area contributed by atoms with Crippen LogP contribution in [0, 0.1) is 11.6 Å². The molecule has 1 amide bonds. The number of aromatic nitrogens is 4. The van der Waals surface area contributed by atoms with Gasteiger partial charge in [-0.15, -0.1) is 0 Å². The monoisotopic (exact) mass is 509 g/mol. The summed E-state index contributed by atoms with van der Waals surface area (Å²) in [4.78, 5) is 21.1.